The highest BCUT2D eigenvalue weighted by Crippen LogP contribution is 2.34. The first kappa shape index (κ1) is 17.8. The molecule has 1 aliphatic rings. The van der Waals surface area contributed by atoms with Crippen molar-refractivity contribution in [2.24, 2.45) is 0 Å². The zero-order chi connectivity index (χ0) is 18.6. The molecule has 1 amide bonds. The number of fused-ring (bicyclic) bond motifs is 1. The predicted octanol–water partition coefficient (Wildman–Crippen LogP) is 5.45. The zero-order valence-electron chi connectivity index (χ0n) is 16.0. The summed E-state index contributed by atoms with van der Waals surface area (Å²) in [5.41, 5.74) is 4.76. The van der Waals surface area contributed by atoms with Crippen LogP contribution in [-0.4, -0.2) is 16.9 Å². The molecular formula is C24H28N2O. The number of hydrogen-bond donors (Lipinski definition) is 2. The smallest absolute Gasteiger partial charge is 0.221 e. The van der Waals surface area contributed by atoms with Gasteiger partial charge in [-0.2, -0.15) is 0 Å². The van der Waals surface area contributed by atoms with Gasteiger partial charge in [0.15, 0.2) is 0 Å². The summed E-state index contributed by atoms with van der Waals surface area (Å²) in [5, 5.41) is 4.50. The molecule has 3 aromatic rings. The van der Waals surface area contributed by atoms with E-state index in [1.54, 1.807) is 0 Å². The first-order valence-corrected chi connectivity index (χ1v) is 10.1. The number of amides is 1. The molecule has 140 valence electrons. The van der Waals surface area contributed by atoms with Gasteiger partial charge in [-0.25, -0.2) is 0 Å². The lowest BCUT2D eigenvalue weighted by Crippen LogP contribution is -2.36. The number of nitrogens with one attached hydrogen (secondary N) is 2. The number of aromatic amines is 1. The molecule has 4 rings (SSSR count). The number of rotatable bonds is 5. The number of para-hydroxylation sites is 1. The second-order valence-electron chi connectivity index (χ2n) is 7.86. The van der Waals surface area contributed by atoms with Gasteiger partial charge in [-0.1, -0.05) is 67.3 Å². The van der Waals surface area contributed by atoms with Crippen molar-refractivity contribution < 1.29 is 4.79 Å². The Morgan fingerprint density at radius 2 is 1.93 bits per heavy atom. The summed E-state index contributed by atoms with van der Waals surface area (Å²) in [4.78, 5) is 16.3. The Hall–Kier alpha value is -2.55. The van der Waals surface area contributed by atoms with Crippen molar-refractivity contribution in [3.8, 4) is 0 Å². The molecule has 3 heteroatoms. The SMILES string of the molecule is Cc1cccc(C(CC(=O)NC2CCCCC2)c2c[nH]c3ccccc23)c1. The van der Waals surface area contributed by atoms with Crippen LogP contribution in [0, 0.1) is 6.92 Å². The number of carbonyl (C=O) groups is 1. The third-order valence-corrected chi connectivity index (χ3v) is 5.80. The van der Waals surface area contributed by atoms with Gasteiger partial charge >= 0.3 is 0 Å². The van der Waals surface area contributed by atoms with Crippen molar-refractivity contribution in [3.05, 3.63) is 71.4 Å². The van der Waals surface area contributed by atoms with Crippen LogP contribution in [-0.2, 0) is 4.79 Å². The Bertz CT molecular complexity index is 921. The highest BCUT2D eigenvalue weighted by atomic mass is 16.1. The highest BCUT2D eigenvalue weighted by Gasteiger charge is 2.23. The van der Waals surface area contributed by atoms with Crippen LogP contribution < -0.4 is 5.32 Å². The van der Waals surface area contributed by atoms with Gasteiger partial charge in [0.05, 0.1) is 0 Å². The number of aromatic nitrogens is 1. The third kappa shape index (κ3) is 4.08. The topological polar surface area (TPSA) is 44.9 Å². The second kappa shape index (κ2) is 7.99. The van der Waals surface area contributed by atoms with E-state index in [4.69, 9.17) is 0 Å². The summed E-state index contributed by atoms with van der Waals surface area (Å²) in [6.07, 6.45) is 8.56. The van der Waals surface area contributed by atoms with Crippen LogP contribution in [0.3, 0.4) is 0 Å². The van der Waals surface area contributed by atoms with Crippen molar-refractivity contribution >= 4 is 16.8 Å². The van der Waals surface area contributed by atoms with Crippen LogP contribution >= 0.6 is 0 Å². The van der Waals surface area contributed by atoms with Crippen LogP contribution in [0.4, 0.5) is 0 Å². The maximum absolute atomic E-state index is 12.9. The van der Waals surface area contributed by atoms with Gasteiger partial charge in [0, 0.05) is 35.5 Å². The van der Waals surface area contributed by atoms with Gasteiger partial charge in [0.2, 0.25) is 5.91 Å². The standard InChI is InChI=1S/C24H28N2O/c1-17-8-7-9-18(14-17)21(15-24(27)26-19-10-3-2-4-11-19)22-16-25-23-13-6-5-12-20(22)23/h5-9,12-14,16,19,21,25H,2-4,10-11,15H2,1H3,(H,26,27). The normalized spacial score (nSPS) is 16.3. The molecule has 1 aromatic heterocycles. The molecule has 0 bridgehead atoms. The summed E-state index contributed by atoms with van der Waals surface area (Å²) in [6.45, 7) is 2.11. The van der Waals surface area contributed by atoms with Crippen LogP contribution in [0.2, 0.25) is 0 Å². The van der Waals surface area contributed by atoms with Crippen molar-refractivity contribution in [3.63, 3.8) is 0 Å². The molecule has 0 aliphatic heterocycles. The summed E-state index contributed by atoms with van der Waals surface area (Å²) in [5.74, 6) is 0.225. The molecule has 0 spiro atoms. The Balaban J connectivity index is 1.63. The quantitative estimate of drug-likeness (QED) is 0.624. The number of aryl methyl sites for hydroxylation is 1. The molecule has 0 saturated heterocycles. The summed E-state index contributed by atoms with van der Waals surface area (Å²) < 4.78 is 0. The van der Waals surface area contributed by atoms with Gasteiger partial charge in [-0.3, -0.25) is 4.79 Å². The molecule has 27 heavy (non-hydrogen) atoms. The van der Waals surface area contributed by atoms with Crippen molar-refractivity contribution in [2.75, 3.05) is 0 Å². The van der Waals surface area contributed by atoms with Crippen molar-refractivity contribution in [1.82, 2.24) is 10.3 Å². The van der Waals surface area contributed by atoms with Crippen LogP contribution in [0.15, 0.2) is 54.7 Å². The minimum atomic E-state index is 0.0599. The largest absolute Gasteiger partial charge is 0.361 e. The average molecular weight is 361 g/mol. The Labute approximate surface area is 161 Å². The maximum Gasteiger partial charge on any atom is 0.221 e. The monoisotopic (exact) mass is 360 g/mol. The predicted molar refractivity (Wildman–Crippen MR) is 111 cm³/mol. The molecule has 1 saturated carbocycles. The minimum absolute atomic E-state index is 0.0599. The first-order chi connectivity index (χ1) is 13.2. The zero-order valence-corrected chi connectivity index (χ0v) is 16.0. The molecule has 1 aliphatic carbocycles. The second-order valence-corrected chi connectivity index (χ2v) is 7.86. The van der Waals surface area contributed by atoms with E-state index in [0.717, 1.165) is 18.4 Å². The van der Waals surface area contributed by atoms with E-state index in [-0.39, 0.29) is 11.8 Å². The third-order valence-electron chi connectivity index (χ3n) is 5.80. The molecule has 1 atom stereocenters. The molecule has 0 radical (unpaired) electrons. The van der Waals surface area contributed by atoms with E-state index in [1.807, 2.05) is 6.07 Å². The summed E-state index contributed by atoms with van der Waals surface area (Å²) >= 11 is 0. The highest BCUT2D eigenvalue weighted by molar-refractivity contribution is 5.86. The van der Waals surface area contributed by atoms with E-state index in [9.17, 15) is 4.79 Å². The van der Waals surface area contributed by atoms with Gasteiger partial charge in [-0.15, -0.1) is 0 Å². The summed E-state index contributed by atoms with van der Waals surface area (Å²) in [7, 11) is 0. The minimum Gasteiger partial charge on any atom is -0.361 e. The fourth-order valence-electron chi connectivity index (χ4n) is 4.40. The fourth-order valence-corrected chi connectivity index (χ4v) is 4.40. The lowest BCUT2D eigenvalue weighted by Gasteiger charge is -2.24. The molecule has 3 nitrogen and oxygen atoms in total. The van der Waals surface area contributed by atoms with E-state index in [1.165, 1.54) is 41.3 Å². The van der Waals surface area contributed by atoms with Gasteiger partial charge in [-0.05, 0) is 37.0 Å². The molecule has 2 aromatic carbocycles. The lowest BCUT2D eigenvalue weighted by atomic mass is 9.87. The van der Waals surface area contributed by atoms with E-state index in [2.05, 4.69) is 65.9 Å². The van der Waals surface area contributed by atoms with E-state index >= 15 is 0 Å². The Kier molecular flexibility index (Phi) is 5.28. The number of hydrogen-bond acceptors (Lipinski definition) is 1. The van der Waals surface area contributed by atoms with Crippen molar-refractivity contribution in [2.45, 2.75) is 57.4 Å². The fraction of sp³-hybridized carbons (Fsp3) is 0.375. The van der Waals surface area contributed by atoms with Gasteiger partial charge in [0.25, 0.3) is 0 Å². The van der Waals surface area contributed by atoms with Crippen LogP contribution in [0.25, 0.3) is 10.9 Å². The number of benzene rings is 2. The number of H-pyrrole nitrogens is 1. The molecule has 1 heterocycles. The van der Waals surface area contributed by atoms with Crippen molar-refractivity contribution in [1.29, 1.82) is 0 Å². The van der Waals surface area contributed by atoms with E-state index in [0.29, 0.717) is 12.5 Å². The molecule has 1 fully saturated rings. The lowest BCUT2D eigenvalue weighted by molar-refractivity contribution is -0.122. The number of carbonyl (C=O) groups excluding carboxylic acids is 1. The van der Waals surface area contributed by atoms with Crippen LogP contribution in [0.5, 0.6) is 0 Å². The van der Waals surface area contributed by atoms with E-state index < -0.39 is 0 Å². The van der Waals surface area contributed by atoms with Crippen LogP contribution in [0.1, 0.15) is 61.1 Å². The molecule has 2 N–H and O–H groups in total. The molecule has 1 unspecified atom stereocenters. The van der Waals surface area contributed by atoms with Gasteiger partial charge < -0.3 is 10.3 Å². The summed E-state index contributed by atoms with van der Waals surface area (Å²) in [6, 6.07) is 17.2. The Morgan fingerprint density at radius 1 is 1.11 bits per heavy atom. The first-order valence-electron chi connectivity index (χ1n) is 10.1. The maximum atomic E-state index is 12.9. The average Bonchev–Trinajstić information content (AvgIpc) is 3.11. The Morgan fingerprint density at radius 3 is 2.74 bits per heavy atom. The van der Waals surface area contributed by atoms with Gasteiger partial charge in [0.1, 0.15) is 0 Å². The molecular weight excluding hydrogens is 332 g/mol.